The predicted molar refractivity (Wildman–Crippen MR) is 78.9 cm³/mol. The molecule has 2 aromatic rings. The Bertz CT molecular complexity index is 635. The normalized spacial score (nSPS) is 10.3. The summed E-state index contributed by atoms with van der Waals surface area (Å²) < 4.78 is 20.6. The van der Waals surface area contributed by atoms with Crippen molar-refractivity contribution in [3.05, 3.63) is 41.3 Å². The molecule has 0 aliphatic heterocycles. The molecule has 0 atom stereocenters. The van der Waals surface area contributed by atoms with E-state index in [4.69, 9.17) is 18.7 Å². The second kappa shape index (κ2) is 7.49. The van der Waals surface area contributed by atoms with Gasteiger partial charge >= 0.3 is 5.97 Å². The Balaban J connectivity index is 1.88. The van der Waals surface area contributed by atoms with E-state index in [1.165, 1.54) is 0 Å². The van der Waals surface area contributed by atoms with Crippen LogP contribution < -0.4 is 9.47 Å². The van der Waals surface area contributed by atoms with Gasteiger partial charge in [0.15, 0.2) is 11.5 Å². The smallest absolute Gasteiger partial charge is 0.306 e. The van der Waals surface area contributed by atoms with Crippen molar-refractivity contribution in [2.24, 2.45) is 0 Å². The van der Waals surface area contributed by atoms with Gasteiger partial charge in [-0.15, -0.1) is 0 Å². The largest absolute Gasteiger partial charge is 0.493 e. The van der Waals surface area contributed by atoms with Gasteiger partial charge in [-0.3, -0.25) is 4.79 Å². The Morgan fingerprint density at radius 1 is 1.27 bits per heavy atom. The molecule has 0 unspecified atom stereocenters. The van der Waals surface area contributed by atoms with Gasteiger partial charge in [-0.2, -0.15) is 0 Å². The zero-order chi connectivity index (χ0) is 15.9. The minimum absolute atomic E-state index is 0.116. The molecule has 1 heterocycles. The third-order valence-corrected chi connectivity index (χ3v) is 3.14. The van der Waals surface area contributed by atoms with Crippen LogP contribution in [0.5, 0.6) is 11.5 Å². The molecule has 118 valence electrons. The molecule has 0 aliphatic rings. The van der Waals surface area contributed by atoms with Crippen molar-refractivity contribution in [2.45, 2.75) is 26.4 Å². The van der Waals surface area contributed by atoms with Gasteiger partial charge in [0.05, 0.1) is 14.2 Å². The van der Waals surface area contributed by atoms with E-state index in [1.807, 2.05) is 18.2 Å². The van der Waals surface area contributed by atoms with Crippen molar-refractivity contribution < 1.29 is 23.5 Å². The van der Waals surface area contributed by atoms with E-state index in [9.17, 15) is 4.79 Å². The van der Waals surface area contributed by atoms with Crippen LogP contribution in [-0.4, -0.2) is 25.3 Å². The van der Waals surface area contributed by atoms with E-state index < -0.39 is 0 Å². The number of hydrogen-bond acceptors (Lipinski definition) is 6. The predicted octanol–water partition coefficient (Wildman–Crippen LogP) is 2.68. The third kappa shape index (κ3) is 4.00. The summed E-state index contributed by atoms with van der Waals surface area (Å²) in [7, 11) is 3.16. The van der Waals surface area contributed by atoms with Crippen LogP contribution in [0.25, 0.3) is 0 Å². The van der Waals surface area contributed by atoms with Gasteiger partial charge in [-0.25, -0.2) is 0 Å². The van der Waals surface area contributed by atoms with Gasteiger partial charge in [0.2, 0.25) is 0 Å². The minimum atomic E-state index is -0.300. The molecule has 22 heavy (non-hydrogen) atoms. The molecule has 0 spiro atoms. The lowest BCUT2D eigenvalue weighted by Gasteiger charge is -2.12. The van der Waals surface area contributed by atoms with E-state index in [2.05, 4.69) is 5.16 Å². The number of rotatable bonds is 7. The van der Waals surface area contributed by atoms with Gasteiger partial charge in [-0.1, -0.05) is 17.3 Å². The van der Waals surface area contributed by atoms with Crippen LogP contribution in [0, 0.1) is 6.92 Å². The first-order valence-electron chi connectivity index (χ1n) is 6.91. The highest BCUT2D eigenvalue weighted by molar-refractivity contribution is 5.70. The van der Waals surface area contributed by atoms with Crippen molar-refractivity contribution in [1.82, 2.24) is 5.16 Å². The topological polar surface area (TPSA) is 70.8 Å². The molecule has 1 aromatic heterocycles. The van der Waals surface area contributed by atoms with Crippen molar-refractivity contribution >= 4 is 5.97 Å². The van der Waals surface area contributed by atoms with Crippen LogP contribution in [0.3, 0.4) is 0 Å². The second-order valence-corrected chi connectivity index (χ2v) is 4.74. The molecule has 0 aliphatic carbocycles. The molecular weight excluding hydrogens is 286 g/mol. The van der Waals surface area contributed by atoms with E-state index >= 15 is 0 Å². The molecule has 0 radical (unpaired) electrons. The molecule has 2 rings (SSSR count). The zero-order valence-electron chi connectivity index (χ0n) is 12.9. The SMILES string of the molecule is COc1cccc(CCC(=O)OCc2cc(C)on2)c1OC. The number of aromatic nitrogens is 1. The molecule has 6 heteroatoms. The number of carbonyl (C=O) groups excluding carboxylic acids is 1. The quantitative estimate of drug-likeness (QED) is 0.732. The maximum Gasteiger partial charge on any atom is 0.306 e. The molecule has 0 fully saturated rings. The average molecular weight is 305 g/mol. The standard InChI is InChI=1S/C16H19NO5/c1-11-9-13(17-22-11)10-21-15(18)8-7-12-5-4-6-14(19-2)16(12)20-3/h4-6,9H,7-8,10H2,1-3H3. The zero-order valence-corrected chi connectivity index (χ0v) is 12.9. The highest BCUT2D eigenvalue weighted by Gasteiger charge is 2.12. The summed E-state index contributed by atoms with van der Waals surface area (Å²) in [5.41, 5.74) is 1.50. The number of esters is 1. The average Bonchev–Trinajstić information content (AvgIpc) is 2.95. The number of carbonyl (C=O) groups is 1. The number of hydrogen-bond donors (Lipinski definition) is 0. The molecule has 0 saturated carbocycles. The molecule has 1 aromatic carbocycles. The van der Waals surface area contributed by atoms with Crippen LogP contribution in [0.1, 0.15) is 23.4 Å². The highest BCUT2D eigenvalue weighted by atomic mass is 16.5. The van der Waals surface area contributed by atoms with E-state index in [1.54, 1.807) is 27.2 Å². The molecular formula is C16H19NO5. The number of nitrogens with zero attached hydrogens (tertiary/aromatic N) is 1. The first-order valence-corrected chi connectivity index (χ1v) is 6.91. The molecule has 0 saturated heterocycles. The monoisotopic (exact) mass is 305 g/mol. The summed E-state index contributed by atoms with van der Waals surface area (Å²) in [5, 5.41) is 3.77. The van der Waals surface area contributed by atoms with E-state index in [0.29, 0.717) is 29.4 Å². The highest BCUT2D eigenvalue weighted by Crippen LogP contribution is 2.31. The van der Waals surface area contributed by atoms with Crippen LogP contribution >= 0.6 is 0 Å². The fraction of sp³-hybridized carbons (Fsp3) is 0.375. The van der Waals surface area contributed by atoms with Crippen LogP contribution in [0.15, 0.2) is 28.8 Å². The van der Waals surface area contributed by atoms with Crippen molar-refractivity contribution in [3.63, 3.8) is 0 Å². The van der Waals surface area contributed by atoms with Gasteiger partial charge in [0.25, 0.3) is 0 Å². The molecule has 0 N–H and O–H groups in total. The number of aryl methyl sites for hydroxylation is 2. The van der Waals surface area contributed by atoms with Crippen LogP contribution in [0.2, 0.25) is 0 Å². The Kier molecular flexibility index (Phi) is 5.41. The number of para-hydroxylation sites is 1. The Morgan fingerprint density at radius 3 is 2.73 bits per heavy atom. The van der Waals surface area contributed by atoms with Crippen LogP contribution in [-0.2, 0) is 22.6 Å². The summed E-state index contributed by atoms with van der Waals surface area (Å²) in [6, 6.07) is 7.31. The number of methoxy groups -OCH3 is 2. The summed E-state index contributed by atoms with van der Waals surface area (Å²) in [5.74, 6) is 1.68. The molecule has 0 amide bonds. The lowest BCUT2D eigenvalue weighted by molar-refractivity contribution is -0.145. The molecule has 0 bridgehead atoms. The Morgan fingerprint density at radius 2 is 2.09 bits per heavy atom. The first-order chi connectivity index (χ1) is 10.6. The van der Waals surface area contributed by atoms with Gasteiger partial charge in [0.1, 0.15) is 18.1 Å². The summed E-state index contributed by atoms with van der Waals surface area (Å²) in [6.07, 6.45) is 0.761. The summed E-state index contributed by atoms with van der Waals surface area (Å²) >= 11 is 0. The third-order valence-electron chi connectivity index (χ3n) is 3.14. The summed E-state index contributed by atoms with van der Waals surface area (Å²) in [6.45, 7) is 1.90. The lowest BCUT2D eigenvalue weighted by atomic mass is 10.1. The van der Waals surface area contributed by atoms with E-state index in [0.717, 1.165) is 5.56 Å². The van der Waals surface area contributed by atoms with Crippen molar-refractivity contribution in [1.29, 1.82) is 0 Å². The van der Waals surface area contributed by atoms with Crippen LogP contribution in [0.4, 0.5) is 0 Å². The molecule has 6 nitrogen and oxygen atoms in total. The fourth-order valence-corrected chi connectivity index (χ4v) is 2.10. The fourth-order valence-electron chi connectivity index (χ4n) is 2.10. The first kappa shape index (κ1) is 15.9. The van der Waals surface area contributed by atoms with Crippen molar-refractivity contribution in [2.75, 3.05) is 14.2 Å². The lowest BCUT2D eigenvalue weighted by Crippen LogP contribution is -2.07. The van der Waals surface area contributed by atoms with Gasteiger partial charge in [-0.05, 0) is 25.0 Å². The van der Waals surface area contributed by atoms with Gasteiger partial charge in [0, 0.05) is 12.5 Å². The maximum absolute atomic E-state index is 11.8. The minimum Gasteiger partial charge on any atom is -0.493 e. The van der Waals surface area contributed by atoms with Gasteiger partial charge < -0.3 is 18.7 Å². The van der Waals surface area contributed by atoms with Crippen molar-refractivity contribution in [3.8, 4) is 11.5 Å². The summed E-state index contributed by atoms with van der Waals surface area (Å²) in [4.78, 5) is 11.8. The number of benzene rings is 1. The maximum atomic E-state index is 11.8. The Hall–Kier alpha value is -2.50. The second-order valence-electron chi connectivity index (χ2n) is 4.74. The number of ether oxygens (including phenoxy) is 3. The Labute approximate surface area is 129 Å². The van der Waals surface area contributed by atoms with E-state index in [-0.39, 0.29) is 19.0 Å².